The third kappa shape index (κ3) is 5.01. The zero-order chi connectivity index (χ0) is 26.0. The van der Waals surface area contributed by atoms with Gasteiger partial charge in [0.25, 0.3) is 5.56 Å². The predicted octanol–water partition coefficient (Wildman–Crippen LogP) is 3.24. The largest absolute Gasteiger partial charge is 0.461 e. The van der Waals surface area contributed by atoms with Crippen molar-refractivity contribution in [3.05, 3.63) is 108 Å². The zero-order valence-electron chi connectivity index (χ0n) is 20.7. The number of nitrogens with zero attached hydrogens (tertiary/aromatic N) is 3. The molecule has 2 aromatic carbocycles. The first-order chi connectivity index (χ1) is 17.2. The molecule has 0 bridgehead atoms. The van der Waals surface area contributed by atoms with Crippen LogP contribution in [0.25, 0.3) is 0 Å². The molecule has 1 aliphatic rings. The number of hydrogen-bond acceptors (Lipinski definition) is 6. The topological polar surface area (TPSA) is 85.6 Å². The third-order valence-corrected chi connectivity index (χ3v) is 6.63. The average Bonchev–Trinajstić information content (AvgIpc) is 2.86. The van der Waals surface area contributed by atoms with Crippen molar-refractivity contribution in [1.29, 1.82) is 0 Å². The minimum absolute atomic E-state index is 0.180. The Bertz CT molecular complexity index is 1440. The van der Waals surface area contributed by atoms with Gasteiger partial charge in [-0.3, -0.25) is 18.8 Å². The maximum Gasteiger partial charge on any atom is 0.336 e. The van der Waals surface area contributed by atoms with Crippen molar-refractivity contribution in [2.24, 2.45) is 14.1 Å². The van der Waals surface area contributed by atoms with E-state index in [9.17, 15) is 14.4 Å². The van der Waals surface area contributed by atoms with E-state index in [2.05, 4.69) is 10.2 Å². The summed E-state index contributed by atoms with van der Waals surface area (Å²) >= 11 is 6.28. The van der Waals surface area contributed by atoms with Gasteiger partial charge in [-0.2, -0.15) is 0 Å². The fourth-order valence-electron chi connectivity index (χ4n) is 4.52. The highest BCUT2D eigenvalue weighted by Gasteiger charge is 2.37. The summed E-state index contributed by atoms with van der Waals surface area (Å²) < 4.78 is 8.11. The number of likely N-dealkylation sites (N-methyl/N-ethyl adjacent to an activating group) is 1. The lowest BCUT2D eigenvalue weighted by Gasteiger charge is -2.31. The van der Waals surface area contributed by atoms with Crippen LogP contribution in [0.3, 0.4) is 0 Å². The minimum atomic E-state index is -0.750. The normalized spacial score (nSPS) is 15.0. The van der Waals surface area contributed by atoms with Crippen LogP contribution in [-0.2, 0) is 30.2 Å². The van der Waals surface area contributed by atoms with Crippen LogP contribution in [0, 0.1) is 0 Å². The number of benzene rings is 2. The van der Waals surface area contributed by atoms with Crippen molar-refractivity contribution in [3.63, 3.8) is 0 Å². The van der Waals surface area contributed by atoms with Gasteiger partial charge < -0.3 is 10.1 Å². The van der Waals surface area contributed by atoms with Crippen LogP contribution in [0.1, 0.15) is 29.5 Å². The van der Waals surface area contributed by atoms with E-state index in [0.29, 0.717) is 39.8 Å². The van der Waals surface area contributed by atoms with Crippen molar-refractivity contribution in [3.8, 4) is 0 Å². The Balaban J connectivity index is 1.65. The second-order valence-electron chi connectivity index (χ2n) is 8.98. The Morgan fingerprint density at radius 3 is 2.50 bits per heavy atom. The van der Waals surface area contributed by atoms with E-state index >= 15 is 0 Å². The number of carbonyl (C=O) groups excluding carboxylic acids is 1. The van der Waals surface area contributed by atoms with Crippen LogP contribution in [0.4, 0.5) is 5.82 Å². The molecule has 0 radical (unpaired) electrons. The number of nitrogens with one attached hydrogen (secondary N) is 1. The summed E-state index contributed by atoms with van der Waals surface area (Å²) in [5, 5.41) is 3.57. The highest BCUT2D eigenvalue weighted by molar-refractivity contribution is 6.30. The number of aromatic nitrogens is 2. The first-order valence-electron chi connectivity index (χ1n) is 11.6. The molecule has 0 saturated carbocycles. The van der Waals surface area contributed by atoms with Crippen LogP contribution >= 0.6 is 11.6 Å². The molecule has 0 fully saturated rings. The van der Waals surface area contributed by atoms with E-state index < -0.39 is 23.1 Å². The summed E-state index contributed by atoms with van der Waals surface area (Å²) in [6.45, 7) is 3.18. The van der Waals surface area contributed by atoms with Crippen LogP contribution in [-0.4, -0.2) is 40.2 Å². The molecule has 0 aliphatic carbocycles. The van der Waals surface area contributed by atoms with Gasteiger partial charge in [0.15, 0.2) is 0 Å². The number of ether oxygens (including phenoxy) is 1. The lowest BCUT2D eigenvalue weighted by Crippen LogP contribution is -2.43. The van der Waals surface area contributed by atoms with E-state index in [1.54, 1.807) is 32.2 Å². The van der Waals surface area contributed by atoms with Gasteiger partial charge in [-0.05, 0) is 37.2 Å². The van der Waals surface area contributed by atoms with Gasteiger partial charge >= 0.3 is 11.7 Å². The molecule has 1 atom stereocenters. The van der Waals surface area contributed by atoms with Crippen LogP contribution < -0.4 is 16.6 Å². The summed E-state index contributed by atoms with van der Waals surface area (Å²) in [4.78, 5) is 41.4. The SMILES string of the molecule is CC1=C(C(=O)OCCN(C)Cc2ccccc2)C(c2cccc(Cl)c2)c2c(n(C)c(=O)n(C)c2=O)N1. The predicted molar refractivity (Wildman–Crippen MR) is 140 cm³/mol. The minimum Gasteiger partial charge on any atom is -0.461 e. The van der Waals surface area contributed by atoms with Gasteiger partial charge in [0.05, 0.1) is 17.1 Å². The molecular formula is C27H29ClN4O4. The molecular weight excluding hydrogens is 480 g/mol. The maximum absolute atomic E-state index is 13.4. The quantitative estimate of drug-likeness (QED) is 0.493. The second-order valence-corrected chi connectivity index (χ2v) is 9.42. The Morgan fingerprint density at radius 2 is 1.81 bits per heavy atom. The van der Waals surface area contributed by atoms with Gasteiger partial charge in [-0.15, -0.1) is 0 Å². The molecule has 2 heterocycles. The fraction of sp³-hybridized carbons (Fsp3) is 0.296. The molecule has 1 unspecified atom stereocenters. The van der Waals surface area contributed by atoms with E-state index in [4.69, 9.17) is 16.3 Å². The fourth-order valence-corrected chi connectivity index (χ4v) is 4.72. The molecule has 8 nitrogen and oxygen atoms in total. The lowest BCUT2D eigenvalue weighted by molar-refractivity contribution is -0.139. The maximum atomic E-state index is 13.4. The number of rotatable bonds is 7. The van der Waals surface area contributed by atoms with Gasteiger partial charge in [0.1, 0.15) is 12.4 Å². The molecule has 9 heteroatoms. The van der Waals surface area contributed by atoms with Crippen LogP contribution in [0.15, 0.2) is 75.5 Å². The third-order valence-electron chi connectivity index (χ3n) is 6.39. The molecule has 1 aromatic heterocycles. The standard InChI is InChI=1S/C27H29ClN4O4/c1-17-21(26(34)36-14-13-30(2)16-18-9-6-5-7-10-18)22(19-11-8-12-20(28)15-19)23-24(29-17)31(3)27(35)32(4)25(23)33/h5-12,15,22,29H,13-14,16H2,1-4H3. The summed E-state index contributed by atoms with van der Waals surface area (Å²) in [5.41, 5.74) is 2.00. The number of halogens is 1. The molecule has 1 N–H and O–H groups in total. The Hall–Kier alpha value is -3.62. The summed E-state index contributed by atoms with van der Waals surface area (Å²) in [7, 11) is 4.97. The van der Waals surface area contributed by atoms with E-state index in [1.165, 1.54) is 17.2 Å². The number of allylic oxidation sites excluding steroid dienone is 1. The molecule has 36 heavy (non-hydrogen) atoms. The summed E-state index contributed by atoms with van der Waals surface area (Å²) in [5.74, 6) is -0.927. The smallest absolute Gasteiger partial charge is 0.336 e. The van der Waals surface area contributed by atoms with Crippen molar-refractivity contribution in [1.82, 2.24) is 14.0 Å². The Morgan fingerprint density at radius 1 is 1.08 bits per heavy atom. The molecule has 0 spiro atoms. The monoisotopic (exact) mass is 508 g/mol. The Kier molecular flexibility index (Phi) is 7.47. The molecule has 1 aliphatic heterocycles. The number of carbonyl (C=O) groups is 1. The van der Waals surface area contributed by atoms with Crippen LogP contribution in [0.5, 0.6) is 0 Å². The van der Waals surface area contributed by atoms with Gasteiger partial charge in [0, 0.05) is 37.9 Å². The number of anilines is 1. The number of fused-ring (bicyclic) bond motifs is 1. The molecule has 3 aromatic rings. The Labute approximate surface area is 214 Å². The summed E-state index contributed by atoms with van der Waals surface area (Å²) in [6.07, 6.45) is 0. The molecule has 4 rings (SSSR count). The van der Waals surface area contributed by atoms with Gasteiger partial charge in [-0.1, -0.05) is 54.1 Å². The van der Waals surface area contributed by atoms with Crippen molar-refractivity contribution < 1.29 is 9.53 Å². The molecule has 0 amide bonds. The lowest BCUT2D eigenvalue weighted by atomic mass is 9.82. The summed E-state index contributed by atoms with van der Waals surface area (Å²) in [6, 6.07) is 17.1. The highest BCUT2D eigenvalue weighted by Crippen LogP contribution is 2.40. The van der Waals surface area contributed by atoms with E-state index in [0.717, 1.165) is 11.1 Å². The van der Waals surface area contributed by atoms with E-state index in [1.807, 2.05) is 43.4 Å². The first-order valence-corrected chi connectivity index (χ1v) is 12.0. The second kappa shape index (κ2) is 10.6. The molecule has 0 saturated heterocycles. The number of esters is 1. The van der Waals surface area contributed by atoms with E-state index in [-0.39, 0.29) is 6.61 Å². The van der Waals surface area contributed by atoms with Gasteiger partial charge in [0.2, 0.25) is 0 Å². The highest BCUT2D eigenvalue weighted by atomic mass is 35.5. The molecule has 188 valence electrons. The zero-order valence-corrected chi connectivity index (χ0v) is 21.5. The van der Waals surface area contributed by atoms with Crippen molar-refractivity contribution in [2.45, 2.75) is 19.4 Å². The van der Waals surface area contributed by atoms with Gasteiger partial charge in [-0.25, -0.2) is 9.59 Å². The van der Waals surface area contributed by atoms with Crippen molar-refractivity contribution >= 4 is 23.4 Å². The first kappa shape index (κ1) is 25.5. The van der Waals surface area contributed by atoms with Crippen LogP contribution in [0.2, 0.25) is 5.02 Å². The average molecular weight is 509 g/mol. The van der Waals surface area contributed by atoms with Crippen molar-refractivity contribution in [2.75, 3.05) is 25.5 Å². The number of hydrogen-bond donors (Lipinski definition) is 1.